The molecule has 0 unspecified atom stereocenters. The Balaban J connectivity index is 1.80. The van der Waals surface area contributed by atoms with E-state index in [-0.39, 0.29) is 10.6 Å². The fraction of sp³-hybridized carbons (Fsp3) is 0.294. The van der Waals surface area contributed by atoms with Crippen LogP contribution in [0.25, 0.3) is 0 Å². The monoisotopic (exact) mass is 347 g/mol. The quantitative estimate of drug-likeness (QED) is 0.642. The average Bonchev–Trinajstić information content (AvgIpc) is 2.61. The Morgan fingerprint density at radius 3 is 2.54 bits per heavy atom. The van der Waals surface area contributed by atoms with Crippen molar-refractivity contribution in [2.75, 3.05) is 36.4 Å². The first-order valence-electron chi connectivity index (χ1n) is 7.97. The van der Waals surface area contributed by atoms with Gasteiger partial charge in [0, 0.05) is 23.3 Å². The highest BCUT2D eigenvalue weighted by molar-refractivity contribution is 6.30. The van der Waals surface area contributed by atoms with E-state index >= 15 is 0 Å². The van der Waals surface area contributed by atoms with Crippen molar-refractivity contribution in [3.8, 4) is 0 Å². The molecular formula is C17H20ClN4O2+. The van der Waals surface area contributed by atoms with Crippen LogP contribution in [-0.4, -0.2) is 31.1 Å². The molecule has 7 heteroatoms. The van der Waals surface area contributed by atoms with Crippen LogP contribution in [0.1, 0.15) is 5.56 Å². The minimum atomic E-state index is -0.349. The molecule has 24 heavy (non-hydrogen) atoms. The van der Waals surface area contributed by atoms with E-state index in [9.17, 15) is 10.1 Å². The maximum Gasteiger partial charge on any atom is 0.292 e. The van der Waals surface area contributed by atoms with Gasteiger partial charge in [-0.05, 0) is 29.8 Å². The summed E-state index contributed by atoms with van der Waals surface area (Å²) in [7, 11) is 0. The zero-order valence-corrected chi connectivity index (χ0v) is 14.0. The van der Waals surface area contributed by atoms with Crippen molar-refractivity contribution < 1.29 is 10.2 Å². The largest absolute Gasteiger partial charge is 0.375 e. The molecule has 0 radical (unpaired) electrons. The van der Waals surface area contributed by atoms with Gasteiger partial charge in [-0.3, -0.25) is 10.1 Å². The summed E-state index contributed by atoms with van der Waals surface area (Å²) in [6, 6.07) is 12.7. The number of anilines is 2. The van der Waals surface area contributed by atoms with Gasteiger partial charge in [-0.1, -0.05) is 23.7 Å². The molecule has 1 fully saturated rings. The number of piperazine rings is 1. The third-order valence-corrected chi connectivity index (χ3v) is 4.40. The van der Waals surface area contributed by atoms with Crippen molar-refractivity contribution >= 4 is 28.7 Å². The zero-order valence-electron chi connectivity index (χ0n) is 13.2. The number of nitro groups is 1. The predicted octanol–water partition coefficient (Wildman–Crippen LogP) is 2.24. The molecule has 0 bridgehead atoms. The molecule has 0 spiro atoms. The van der Waals surface area contributed by atoms with E-state index < -0.39 is 0 Å². The fourth-order valence-electron chi connectivity index (χ4n) is 2.83. The van der Waals surface area contributed by atoms with Gasteiger partial charge < -0.3 is 15.5 Å². The van der Waals surface area contributed by atoms with E-state index in [4.69, 9.17) is 11.6 Å². The second-order valence-electron chi connectivity index (χ2n) is 5.79. The molecule has 0 atom stereocenters. The number of nitrogens with one attached hydrogen (secondary N) is 1. The second kappa shape index (κ2) is 7.51. The Labute approximate surface area is 145 Å². The lowest BCUT2D eigenvalue weighted by molar-refractivity contribution is -0.655. The highest BCUT2D eigenvalue weighted by Crippen LogP contribution is 2.30. The summed E-state index contributed by atoms with van der Waals surface area (Å²) in [6.45, 7) is 4.51. The lowest BCUT2D eigenvalue weighted by atomic mass is 10.2. The molecule has 1 aliphatic rings. The average molecular weight is 348 g/mol. The molecule has 126 valence electrons. The molecule has 3 rings (SSSR count). The molecule has 1 heterocycles. The lowest BCUT2D eigenvalue weighted by Crippen LogP contribution is -2.89. The van der Waals surface area contributed by atoms with Gasteiger partial charge in [0.2, 0.25) is 0 Å². The Bertz CT molecular complexity index is 715. The van der Waals surface area contributed by atoms with E-state index in [1.54, 1.807) is 6.07 Å². The second-order valence-corrected chi connectivity index (χ2v) is 6.23. The number of nitrogens with zero attached hydrogens (tertiary/aromatic N) is 2. The van der Waals surface area contributed by atoms with Crippen molar-refractivity contribution in [1.29, 1.82) is 0 Å². The van der Waals surface area contributed by atoms with Crippen LogP contribution in [0.5, 0.6) is 0 Å². The molecule has 3 N–H and O–H groups in total. The molecule has 0 amide bonds. The van der Waals surface area contributed by atoms with E-state index in [2.05, 4.69) is 15.5 Å². The van der Waals surface area contributed by atoms with Crippen molar-refractivity contribution in [3.63, 3.8) is 0 Å². The summed E-state index contributed by atoms with van der Waals surface area (Å²) in [4.78, 5) is 13.2. The van der Waals surface area contributed by atoms with E-state index in [0.717, 1.165) is 37.4 Å². The number of nitro benzene ring substituents is 1. The van der Waals surface area contributed by atoms with Gasteiger partial charge in [-0.2, -0.15) is 0 Å². The van der Waals surface area contributed by atoms with Gasteiger partial charge in [-0.15, -0.1) is 0 Å². The van der Waals surface area contributed by atoms with Crippen LogP contribution in [0.3, 0.4) is 0 Å². The third kappa shape index (κ3) is 3.96. The summed E-state index contributed by atoms with van der Waals surface area (Å²) in [5, 5.41) is 17.4. The van der Waals surface area contributed by atoms with Crippen molar-refractivity contribution in [3.05, 3.63) is 63.2 Å². The third-order valence-electron chi connectivity index (χ3n) is 4.14. The Morgan fingerprint density at radius 1 is 1.17 bits per heavy atom. The summed E-state index contributed by atoms with van der Waals surface area (Å²) < 4.78 is 0. The van der Waals surface area contributed by atoms with Crippen LogP contribution in [0, 0.1) is 10.1 Å². The first-order chi connectivity index (χ1) is 11.6. The number of hydrogen-bond donors (Lipinski definition) is 2. The fourth-order valence-corrected chi connectivity index (χ4v) is 2.96. The normalized spacial score (nSPS) is 14.5. The van der Waals surface area contributed by atoms with Gasteiger partial charge >= 0.3 is 0 Å². The maximum atomic E-state index is 11.3. The van der Waals surface area contributed by atoms with Gasteiger partial charge in [0.25, 0.3) is 5.69 Å². The van der Waals surface area contributed by atoms with Crippen LogP contribution >= 0.6 is 11.6 Å². The maximum absolute atomic E-state index is 11.3. The highest BCUT2D eigenvalue weighted by Gasteiger charge is 2.18. The van der Waals surface area contributed by atoms with Crippen LogP contribution in [-0.2, 0) is 6.54 Å². The summed E-state index contributed by atoms with van der Waals surface area (Å²) >= 11 is 5.88. The standard InChI is InChI=1S/C17H19ClN4O2/c18-14-3-1-13(2-4-14)12-20-16-11-15(5-6-17(16)22(23)24)21-9-7-19-8-10-21/h1-6,11,19-20H,7-10,12H2/p+1. The number of halogens is 1. The van der Waals surface area contributed by atoms with Crippen LogP contribution < -0.4 is 15.5 Å². The van der Waals surface area contributed by atoms with Gasteiger partial charge in [0.05, 0.1) is 31.1 Å². The van der Waals surface area contributed by atoms with E-state index in [1.165, 1.54) is 0 Å². The van der Waals surface area contributed by atoms with E-state index in [0.29, 0.717) is 17.3 Å². The number of rotatable bonds is 5. The van der Waals surface area contributed by atoms with Gasteiger partial charge in [0.1, 0.15) is 5.69 Å². The SMILES string of the molecule is O=[N+]([O-])c1ccc(N2CC[NH2+]CC2)cc1NCc1ccc(Cl)cc1. The van der Waals surface area contributed by atoms with Gasteiger partial charge in [-0.25, -0.2) is 0 Å². The topological polar surface area (TPSA) is 75.0 Å². The number of quaternary nitrogens is 1. The number of benzene rings is 2. The zero-order chi connectivity index (χ0) is 16.9. The highest BCUT2D eigenvalue weighted by atomic mass is 35.5. The van der Waals surface area contributed by atoms with Crippen LogP contribution in [0.15, 0.2) is 42.5 Å². The Morgan fingerprint density at radius 2 is 1.88 bits per heavy atom. The molecule has 2 aromatic rings. The van der Waals surface area contributed by atoms with Crippen LogP contribution in [0.4, 0.5) is 17.1 Å². The molecule has 6 nitrogen and oxygen atoms in total. The molecule has 0 saturated carbocycles. The van der Waals surface area contributed by atoms with E-state index in [1.807, 2.05) is 36.4 Å². The minimum absolute atomic E-state index is 0.0938. The lowest BCUT2D eigenvalue weighted by Gasteiger charge is -2.27. The van der Waals surface area contributed by atoms with Crippen molar-refractivity contribution in [2.45, 2.75) is 6.54 Å². The molecule has 2 aromatic carbocycles. The summed E-state index contributed by atoms with van der Waals surface area (Å²) in [5.41, 5.74) is 2.68. The van der Waals surface area contributed by atoms with Crippen LogP contribution in [0.2, 0.25) is 5.02 Å². The summed E-state index contributed by atoms with van der Waals surface area (Å²) in [6.07, 6.45) is 0. The number of nitrogens with two attached hydrogens (primary N) is 1. The Hall–Kier alpha value is -2.31. The smallest absolute Gasteiger partial charge is 0.292 e. The molecule has 1 saturated heterocycles. The Kier molecular flexibility index (Phi) is 5.17. The van der Waals surface area contributed by atoms with Crippen molar-refractivity contribution in [1.82, 2.24) is 0 Å². The molecule has 0 aromatic heterocycles. The first-order valence-corrected chi connectivity index (χ1v) is 8.34. The number of hydrogen-bond acceptors (Lipinski definition) is 4. The van der Waals surface area contributed by atoms with Crippen molar-refractivity contribution in [2.24, 2.45) is 0 Å². The molecule has 1 aliphatic heterocycles. The molecular weight excluding hydrogens is 328 g/mol. The molecule has 0 aliphatic carbocycles. The predicted molar refractivity (Wildman–Crippen MR) is 95.7 cm³/mol. The summed E-state index contributed by atoms with van der Waals surface area (Å²) in [5.74, 6) is 0. The minimum Gasteiger partial charge on any atom is -0.375 e. The first kappa shape index (κ1) is 16.5. The van der Waals surface area contributed by atoms with Gasteiger partial charge in [0.15, 0.2) is 0 Å².